The number of aryl methyl sites for hydroxylation is 1. The normalized spacial score (nSPS) is 22.0. The summed E-state index contributed by atoms with van der Waals surface area (Å²) in [5.41, 5.74) is 2.35. The summed E-state index contributed by atoms with van der Waals surface area (Å²) < 4.78 is 28.7. The highest BCUT2D eigenvalue weighted by molar-refractivity contribution is 5.80. The first-order valence-corrected chi connectivity index (χ1v) is 9.53. The Morgan fingerprint density at radius 3 is 2.54 bits per heavy atom. The van der Waals surface area contributed by atoms with Gasteiger partial charge in [-0.3, -0.25) is 9.48 Å². The first kappa shape index (κ1) is 17.4. The monoisotopic (exact) mass is 361 g/mol. The van der Waals surface area contributed by atoms with E-state index in [1.807, 2.05) is 11.1 Å². The smallest absolute Gasteiger partial charge is 0.248 e. The molecule has 2 heterocycles. The van der Waals surface area contributed by atoms with Crippen LogP contribution in [0.25, 0.3) is 10.9 Å². The largest absolute Gasteiger partial charge is 0.342 e. The van der Waals surface area contributed by atoms with Crippen LogP contribution >= 0.6 is 0 Å². The van der Waals surface area contributed by atoms with Crippen LogP contribution in [-0.2, 0) is 4.79 Å². The summed E-state index contributed by atoms with van der Waals surface area (Å²) in [6, 6.07) is 6.63. The Labute approximate surface area is 152 Å². The number of alkyl halides is 2. The fraction of sp³-hybridized carbons (Fsp3) is 0.600. The molecule has 1 aromatic heterocycles. The molecule has 0 radical (unpaired) electrons. The van der Waals surface area contributed by atoms with Crippen molar-refractivity contribution in [1.29, 1.82) is 0 Å². The number of rotatable bonds is 2. The minimum atomic E-state index is -2.58. The van der Waals surface area contributed by atoms with Crippen molar-refractivity contribution in [2.75, 3.05) is 13.1 Å². The molecule has 0 spiro atoms. The molecule has 26 heavy (non-hydrogen) atoms. The molecule has 0 bridgehead atoms. The standard InChI is InChI=1S/C20H25F2N3O/c1-14-2-3-18-16(12-14)13-23-25(18)17-6-10-24(11-7-17)19(26)15-4-8-20(21,22)9-5-15/h2-3,12-13,15,17H,4-11H2,1H3. The summed E-state index contributed by atoms with van der Waals surface area (Å²) >= 11 is 0. The van der Waals surface area contributed by atoms with E-state index in [1.165, 1.54) is 5.56 Å². The van der Waals surface area contributed by atoms with Gasteiger partial charge >= 0.3 is 0 Å². The van der Waals surface area contributed by atoms with E-state index in [-0.39, 0.29) is 30.7 Å². The number of piperidine rings is 1. The highest BCUT2D eigenvalue weighted by Crippen LogP contribution is 2.37. The maximum Gasteiger partial charge on any atom is 0.248 e. The van der Waals surface area contributed by atoms with Crippen LogP contribution in [0.1, 0.15) is 50.1 Å². The molecule has 140 valence electrons. The Morgan fingerprint density at radius 2 is 1.85 bits per heavy atom. The SMILES string of the molecule is Cc1ccc2c(cnn2C2CCN(C(=O)C3CCC(F)(F)CC3)CC2)c1. The van der Waals surface area contributed by atoms with Crippen LogP contribution in [0.5, 0.6) is 0 Å². The van der Waals surface area contributed by atoms with E-state index in [0.29, 0.717) is 25.9 Å². The zero-order chi connectivity index (χ0) is 18.3. The Bertz CT molecular complexity index is 798. The van der Waals surface area contributed by atoms with Crippen LogP contribution in [-0.4, -0.2) is 39.6 Å². The Morgan fingerprint density at radius 1 is 1.15 bits per heavy atom. The van der Waals surface area contributed by atoms with Gasteiger partial charge in [-0.2, -0.15) is 5.10 Å². The molecule has 0 N–H and O–H groups in total. The molecule has 2 aromatic rings. The van der Waals surface area contributed by atoms with Crippen molar-refractivity contribution >= 4 is 16.8 Å². The van der Waals surface area contributed by atoms with Crippen molar-refractivity contribution in [1.82, 2.24) is 14.7 Å². The number of benzene rings is 1. The summed E-state index contributed by atoms with van der Waals surface area (Å²) in [5.74, 6) is -2.73. The molecule has 1 saturated carbocycles. The van der Waals surface area contributed by atoms with Crippen molar-refractivity contribution in [2.45, 2.75) is 57.4 Å². The van der Waals surface area contributed by atoms with E-state index in [1.54, 1.807) is 0 Å². The minimum absolute atomic E-state index is 0.0694. The van der Waals surface area contributed by atoms with Gasteiger partial charge in [0.1, 0.15) is 0 Å². The number of likely N-dealkylation sites (tertiary alicyclic amines) is 1. The molecule has 1 aliphatic heterocycles. The average molecular weight is 361 g/mol. The molecular weight excluding hydrogens is 336 g/mol. The number of halogens is 2. The lowest BCUT2D eigenvalue weighted by Gasteiger charge is -2.36. The summed E-state index contributed by atoms with van der Waals surface area (Å²) in [6.45, 7) is 3.44. The lowest BCUT2D eigenvalue weighted by Crippen LogP contribution is -2.44. The first-order chi connectivity index (χ1) is 12.4. The first-order valence-electron chi connectivity index (χ1n) is 9.53. The van der Waals surface area contributed by atoms with Gasteiger partial charge in [0.2, 0.25) is 11.8 Å². The lowest BCUT2D eigenvalue weighted by molar-refractivity contribution is -0.141. The molecule has 1 amide bonds. The Hall–Kier alpha value is -1.98. The van der Waals surface area contributed by atoms with Gasteiger partial charge in [0.15, 0.2) is 0 Å². The third-order valence-corrected chi connectivity index (χ3v) is 5.94. The summed E-state index contributed by atoms with van der Waals surface area (Å²) in [7, 11) is 0. The highest BCUT2D eigenvalue weighted by Gasteiger charge is 2.39. The molecule has 2 aliphatic rings. The fourth-order valence-electron chi connectivity index (χ4n) is 4.34. The van der Waals surface area contributed by atoms with Gasteiger partial charge in [-0.15, -0.1) is 0 Å². The second kappa shape index (κ2) is 6.63. The molecule has 0 unspecified atom stereocenters. The Kier molecular flexibility index (Phi) is 4.45. The zero-order valence-corrected chi connectivity index (χ0v) is 15.1. The number of aromatic nitrogens is 2. The van der Waals surface area contributed by atoms with Crippen molar-refractivity contribution in [3.05, 3.63) is 30.0 Å². The van der Waals surface area contributed by atoms with E-state index in [0.717, 1.165) is 23.7 Å². The molecule has 1 saturated heterocycles. The van der Waals surface area contributed by atoms with Crippen LogP contribution in [0, 0.1) is 12.8 Å². The zero-order valence-electron chi connectivity index (χ0n) is 15.1. The molecule has 6 heteroatoms. The van der Waals surface area contributed by atoms with E-state index >= 15 is 0 Å². The number of amides is 1. The van der Waals surface area contributed by atoms with E-state index < -0.39 is 5.92 Å². The van der Waals surface area contributed by atoms with E-state index in [2.05, 4.69) is 34.9 Å². The average Bonchev–Trinajstić information content (AvgIpc) is 3.04. The predicted octanol–water partition coefficient (Wildman–Crippen LogP) is 4.33. The molecule has 4 nitrogen and oxygen atoms in total. The maximum atomic E-state index is 13.3. The predicted molar refractivity (Wildman–Crippen MR) is 96.2 cm³/mol. The van der Waals surface area contributed by atoms with E-state index in [9.17, 15) is 13.6 Å². The summed E-state index contributed by atoms with van der Waals surface area (Å²) in [4.78, 5) is 14.5. The second-order valence-electron chi connectivity index (χ2n) is 7.84. The van der Waals surface area contributed by atoms with Gasteiger partial charge in [0.25, 0.3) is 0 Å². The maximum absolute atomic E-state index is 13.3. The topological polar surface area (TPSA) is 38.1 Å². The van der Waals surface area contributed by atoms with Gasteiger partial charge in [-0.1, -0.05) is 11.6 Å². The van der Waals surface area contributed by atoms with Crippen LogP contribution in [0.3, 0.4) is 0 Å². The molecule has 1 aliphatic carbocycles. The molecule has 0 atom stereocenters. The van der Waals surface area contributed by atoms with Gasteiger partial charge in [0.05, 0.1) is 17.8 Å². The molecular formula is C20H25F2N3O. The van der Waals surface area contributed by atoms with Crippen LogP contribution in [0.2, 0.25) is 0 Å². The third kappa shape index (κ3) is 3.33. The number of hydrogen-bond donors (Lipinski definition) is 0. The number of hydrogen-bond acceptors (Lipinski definition) is 2. The van der Waals surface area contributed by atoms with Gasteiger partial charge < -0.3 is 4.90 Å². The fourth-order valence-corrected chi connectivity index (χ4v) is 4.34. The van der Waals surface area contributed by atoms with Crippen molar-refractivity contribution in [2.24, 2.45) is 5.92 Å². The lowest BCUT2D eigenvalue weighted by atomic mass is 9.85. The van der Waals surface area contributed by atoms with Crippen LogP contribution in [0.4, 0.5) is 8.78 Å². The quantitative estimate of drug-likeness (QED) is 0.798. The minimum Gasteiger partial charge on any atom is -0.342 e. The van der Waals surface area contributed by atoms with Crippen molar-refractivity contribution < 1.29 is 13.6 Å². The highest BCUT2D eigenvalue weighted by atomic mass is 19.3. The Balaban J connectivity index is 1.38. The van der Waals surface area contributed by atoms with E-state index in [4.69, 9.17) is 0 Å². The van der Waals surface area contributed by atoms with Crippen molar-refractivity contribution in [3.8, 4) is 0 Å². The van der Waals surface area contributed by atoms with Gasteiger partial charge in [-0.05, 0) is 44.7 Å². The third-order valence-electron chi connectivity index (χ3n) is 5.94. The van der Waals surface area contributed by atoms with Crippen molar-refractivity contribution in [3.63, 3.8) is 0 Å². The molecule has 1 aromatic carbocycles. The number of carbonyl (C=O) groups is 1. The second-order valence-corrected chi connectivity index (χ2v) is 7.84. The number of nitrogens with zero attached hydrogens (tertiary/aromatic N) is 3. The number of carbonyl (C=O) groups excluding carboxylic acids is 1. The summed E-state index contributed by atoms with van der Waals surface area (Å²) in [6.07, 6.45) is 3.95. The van der Waals surface area contributed by atoms with Crippen LogP contribution in [0.15, 0.2) is 24.4 Å². The summed E-state index contributed by atoms with van der Waals surface area (Å²) in [5, 5.41) is 5.71. The molecule has 4 rings (SSSR count). The van der Waals surface area contributed by atoms with Gasteiger partial charge in [-0.25, -0.2) is 8.78 Å². The van der Waals surface area contributed by atoms with Crippen LogP contribution < -0.4 is 0 Å². The molecule has 2 fully saturated rings. The van der Waals surface area contributed by atoms with Gasteiger partial charge in [0, 0.05) is 37.2 Å². The number of fused-ring (bicyclic) bond motifs is 1.